The molecule has 0 spiro atoms. The topological polar surface area (TPSA) is 38.3 Å². The molecule has 21 heavy (non-hydrogen) atoms. The van der Waals surface area contributed by atoms with Crippen LogP contribution in [-0.2, 0) is 16.0 Å². The zero-order valence-corrected chi connectivity index (χ0v) is 13.1. The SMILES string of the molecule is COCC(Cl)CCNC(=O)C1C2CCc3ccccc3C21. The Labute approximate surface area is 131 Å². The van der Waals surface area contributed by atoms with E-state index in [2.05, 4.69) is 29.6 Å². The molecule has 3 nitrogen and oxygen atoms in total. The van der Waals surface area contributed by atoms with Gasteiger partial charge in [-0.25, -0.2) is 0 Å². The number of benzene rings is 1. The predicted octanol–water partition coefficient (Wildman–Crippen LogP) is 2.72. The third-order valence-electron chi connectivity index (χ3n) is 4.74. The maximum Gasteiger partial charge on any atom is 0.224 e. The fourth-order valence-electron chi connectivity index (χ4n) is 3.66. The molecule has 114 valence electrons. The average Bonchev–Trinajstić information content (AvgIpc) is 3.22. The molecule has 4 atom stereocenters. The number of carbonyl (C=O) groups is 1. The molecule has 4 heteroatoms. The van der Waals surface area contributed by atoms with Crippen LogP contribution in [0.15, 0.2) is 24.3 Å². The van der Waals surface area contributed by atoms with Crippen LogP contribution in [0.3, 0.4) is 0 Å². The normalized spacial score (nSPS) is 27.4. The zero-order valence-electron chi connectivity index (χ0n) is 12.3. The summed E-state index contributed by atoms with van der Waals surface area (Å²) in [6.07, 6.45) is 3.00. The number of halogens is 1. The number of rotatable bonds is 6. The Hall–Kier alpha value is -1.06. The predicted molar refractivity (Wildman–Crippen MR) is 83.6 cm³/mol. The molecule has 1 aromatic carbocycles. The number of amides is 1. The van der Waals surface area contributed by atoms with E-state index in [4.69, 9.17) is 16.3 Å². The molecule has 2 aliphatic rings. The minimum absolute atomic E-state index is 0.0301. The van der Waals surface area contributed by atoms with Crippen LogP contribution < -0.4 is 5.32 Å². The van der Waals surface area contributed by atoms with E-state index in [-0.39, 0.29) is 17.2 Å². The number of hydrogen-bond donors (Lipinski definition) is 1. The highest BCUT2D eigenvalue weighted by Gasteiger charge is 2.56. The Balaban J connectivity index is 1.52. The third kappa shape index (κ3) is 3.09. The number of aryl methyl sites for hydroxylation is 1. The highest BCUT2D eigenvalue weighted by atomic mass is 35.5. The lowest BCUT2D eigenvalue weighted by Gasteiger charge is -2.13. The van der Waals surface area contributed by atoms with Gasteiger partial charge in [0, 0.05) is 19.6 Å². The molecule has 3 rings (SSSR count). The van der Waals surface area contributed by atoms with Gasteiger partial charge >= 0.3 is 0 Å². The van der Waals surface area contributed by atoms with Crippen molar-refractivity contribution in [1.29, 1.82) is 0 Å². The van der Waals surface area contributed by atoms with Crippen molar-refractivity contribution in [3.63, 3.8) is 0 Å². The summed E-state index contributed by atoms with van der Waals surface area (Å²) in [5.41, 5.74) is 2.82. The quantitative estimate of drug-likeness (QED) is 0.821. The Bertz CT molecular complexity index is 519. The zero-order chi connectivity index (χ0) is 14.8. The van der Waals surface area contributed by atoms with Crippen molar-refractivity contribution >= 4 is 17.5 Å². The van der Waals surface area contributed by atoms with Crippen molar-refractivity contribution in [2.75, 3.05) is 20.3 Å². The lowest BCUT2D eigenvalue weighted by molar-refractivity contribution is -0.122. The highest BCUT2D eigenvalue weighted by molar-refractivity contribution is 6.20. The van der Waals surface area contributed by atoms with E-state index in [0.29, 0.717) is 25.0 Å². The molecule has 0 bridgehead atoms. The molecule has 1 fully saturated rings. The van der Waals surface area contributed by atoms with Crippen LogP contribution in [0.25, 0.3) is 0 Å². The van der Waals surface area contributed by atoms with Crippen LogP contribution in [-0.4, -0.2) is 31.5 Å². The summed E-state index contributed by atoms with van der Waals surface area (Å²) >= 11 is 6.07. The van der Waals surface area contributed by atoms with E-state index < -0.39 is 0 Å². The molecular weight excluding hydrogens is 286 g/mol. The van der Waals surface area contributed by atoms with Crippen molar-refractivity contribution in [1.82, 2.24) is 5.32 Å². The Morgan fingerprint density at radius 2 is 2.29 bits per heavy atom. The molecule has 1 amide bonds. The van der Waals surface area contributed by atoms with E-state index in [1.165, 1.54) is 11.1 Å². The monoisotopic (exact) mass is 307 g/mol. The van der Waals surface area contributed by atoms with Gasteiger partial charge in [-0.2, -0.15) is 0 Å². The number of carbonyl (C=O) groups excluding carboxylic acids is 1. The molecule has 1 saturated carbocycles. The second-order valence-electron chi connectivity index (χ2n) is 6.09. The highest BCUT2D eigenvalue weighted by Crippen LogP contribution is 2.59. The van der Waals surface area contributed by atoms with Crippen LogP contribution in [0.1, 0.15) is 29.9 Å². The molecule has 0 aromatic heterocycles. The number of alkyl halides is 1. The van der Waals surface area contributed by atoms with Gasteiger partial charge in [0.05, 0.1) is 12.0 Å². The Morgan fingerprint density at radius 1 is 1.48 bits per heavy atom. The maximum absolute atomic E-state index is 12.3. The molecule has 4 unspecified atom stereocenters. The van der Waals surface area contributed by atoms with Gasteiger partial charge in [-0.15, -0.1) is 11.6 Å². The van der Waals surface area contributed by atoms with Gasteiger partial charge in [0.1, 0.15) is 0 Å². The van der Waals surface area contributed by atoms with Crippen molar-refractivity contribution < 1.29 is 9.53 Å². The van der Waals surface area contributed by atoms with Crippen LogP contribution in [0.4, 0.5) is 0 Å². The molecular formula is C17H22ClNO2. The average molecular weight is 308 g/mol. The second kappa shape index (κ2) is 6.37. The summed E-state index contributed by atoms with van der Waals surface area (Å²) < 4.78 is 4.99. The summed E-state index contributed by atoms with van der Waals surface area (Å²) in [7, 11) is 1.64. The standard InChI is InChI=1S/C17H22ClNO2/c1-21-10-12(18)8-9-19-17(20)16-14-7-6-11-4-2-3-5-13(11)15(14)16/h2-5,12,14-16H,6-10H2,1H3,(H,19,20). The fraction of sp³-hybridized carbons (Fsp3) is 0.588. The second-order valence-corrected chi connectivity index (χ2v) is 6.70. The van der Waals surface area contributed by atoms with Crippen molar-refractivity contribution in [2.45, 2.75) is 30.6 Å². The minimum atomic E-state index is -0.0301. The number of hydrogen-bond acceptors (Lipinski definition) is 2. The first-order valence-electron chi connectivity index (χ1n) is 7.71. The van der Waals surface area contributed by atoms with Gasteiger partial charge in [0.2, 0.25) is 5.91 Å². The summed E-state index contributed by atoms with van der Waals surface area (Å²) in [5, 5.41) is 3.01. The molecule has 1 aromatic rings. The van der Waals surface area contributed by atoms with Crippen LogP contribution in [0, 0.1) is 11.8 Å². The van der Waals surface area contributed by atoms with E-state index in [1.807, 2.05) is 0 Å². The molecule has 0 saturated heterocycles. The van der Waals surface area contributed by atoms with E-state index >= 15 is 0 Å². The summed E-state index contributed by atoms with van der Waals surface area (Å²) in [6.45, 7) is 1.16. The number of nitrogens with one attached hydrogen (secondary N) is 1. The van der Waals surface area contributed by atoms with Gasteiger partial charge in [0.25, 0.3) is 0 Å². The largest absolute Gasteiger partial charge is 0.383 e. The van der Waals surface area contributed by atoms with E-state index in [0.717, 1.165) is 19.3 Å². The summed E-state index contributed by atoms with van der Waals surface area (Å²) in [5.74, 6) is 1.36. The minimum Gasteiger partial charge on any atom is -0.383 e. The van der Waals surface area contributed by atoms with Crippen LogP contribution in [0.2, 0.25) is 0 Å². The molecule has 0 heterocycles. The smallest absolute Gasteiger partial charge is 0.224 e. The number of fused-ring (bicyclic) bond motifs is 3. The number of methoxy groups -OCH3 is 1. The maximum atomic E-state index is 12.3. The first-order chi connectivity index (χ1) is 10.2. The first-order valence-corrected chi connectivity index (χ1v) is 8.14. The van der Waals surface area contributed by atoms with Crippen molar-refractivity contribution in [2.24, 2.45) is 11.8 Å². The Morgan fingerprint density at radius 3 is 3.10 bits per heavy atom. The summed E-state index contributed by atoms with van der Waals surface area (Å²) in [4.78, 5) is 12.3. The number of ether oxygens (including phenoxy) is 1. The van der Waals surface area contributed by atoms with Crippen molar-refractivity contribution in [3.05, 3.63) is 35.4 Å². The van der Waals surface area contributed by atoms with Gasteiger partial charge in [0.15, 0.2) is 0 Å². The van der Waals surface area contributed by atoms with Gasteiger partial charge < -0.3 is 10.1 Å². The lowest BCUT2D eigenvalue weighted by atomic mass is 9.92. The van der Waals surface area contributed by atoms with Crippen LogP contribution in [0.5, 0.6) is 0 Å². The van der Waals surface area contributed by atoms with Gasteiger partial charge in [-0.05, 0) is 42.2 Å². The molecule has 1 N–H and O–H groups in total. The molecule has 0 radical (unpaired) electrons. The van der Waals surface area contributed by atoms with E-state index in [1.54, 1.807) is 7.11 Å². The first kappa shape index (κ1) is 14.9. The lowest BCUT2D eigenvalue weighted by Crippen LogP contribution is -2.29. The van der Waals surface area contributed by atoms with Gasteiger partial charge in [-0.1, -0.05) is 24.3 Å². The molecule has 0 aliphatic heterocycles. The molecule has 2 aliphatic carbocycles. The van der Waals surface area contributed by atoms with Crippen LogP contribution >= 0.6 is 11.6 Å². The van der Waals surface area contributed by atoms with E-state index in [9.17, 15) is 4.79 Å². The summed E-state index contributed by atoms with van der Waals surface area (Å²) in [6, 6.07) is 8.55. The van der Waals surface area contributed by atoms with Crippen molar-refractivity contribution in [3.8, 4) is 0 Å². The third-order valence-corrected chi connectivity index (χ3v) is 5.08. The Kier molecular flexibility index (Phi) is 4.51. The van der Waals surface area contributed by atoms with Gasteiger partial charge in [-0.3, -0.25) is 4.79 Å². The fourth-order valence-corrected chi connectivity index (χ4v) is 3.89.